The van der Waals surface area contributed by atoms with Gasteiger partial charge in [0.15, 0.2) is 9.84 Å². The lowest BCUT2D eigenvalue weighted by Gasteiger charge is -2.25. The van der Waals surface area contributed by atoms with Gasteiger partial charge >= 0.3 is 0 Å². The molecule has 112 valence electrons. The first-order valence-corrected chi connectivity index (χ1v) is 9.34. The van der Waals surface area contributed by atoms with Gasteiger partial charge < -0.3 is 5.32 Å². The van der Waals surface area contributed by atoms with Gasteiger partial charge in [0, 0.05) is 5.69 Å². The van der Waals surface area contributed by atoms with Gasteiger partial charge in [0.05, 0.1) is 23.7 Å². The van der Waals surface area contributed by atoms with Crippen LogP contribution in [0.25, 0.3) is 0 Å². The van der Waals surface area contributed by atoms with E-state index in [9.17, 15) is 8.42 Å². The Morgan fingerprint density at radius 1 is 1.30 bits per heavy atom. The molecule has 0 radical (unpaired) electrons. The highest BCUT2D eigenvalue weighted by atomic mass is 32.2. The molecule has 1 aromatic heterocycles. The quantitative estimate of drug-likeness (QED) is 0.896. The standard InChI is InChI=1S/C14H23N3O2S/c1-11-14(12-4-6-15-7-5-12)9-16-17(11)13-3-2-8-20(18,19)10-13/h9,12-13,15H,2-8,10H2,1H3. The first-order chi connectivity index (χ1) is 9.57. The SMILES string of the molecule is Cc1c(C2CCNCC2)cnn1C1CCCS(=O)(=O)C1. The van der Waals surface area contributed by atoms with E-state index in [0.29, 0.717) is 11.7 Å². The predicted octanol–water partition coefficient (Wildman–Crippen LogP) is 1.41. The molecule has 20 heavy (non-hydrogen) atoms. The minimum Gasteiger partial charge on any atom is -0.317 e. The molecular weight excluding hydrogens is 274 g/mol. The van der Waals surface area contributed by atoms with Gasteiger partial charge in [-0.05, 0) is 57.2 Å². The Morgan fingerprint density at radius 3 is 2.75 bits per heavy atom. The number of nitrogens with one attached hydrogen (secondary N) is 1. The highest BCUT2D eigenvalue weighted by Crippen LogP contribution is 2.31. The Bertz CT molecular complexity index is 573. The molecule has 0 aromatic carbocycles. The fourth-order valence-corrected chi connectivity index (χ4v) is 5.20. The van der Waals surface area contributed by atoms with Crippen molar-refractivity contribution >= 4 is 9.84 Å². The summed E-state index contributed by atoms with van der Waals surface area (Å²) in [6, 6.07) is 0.0317. The topological polar surface area (TPSA) is 64.0 Å². The van der Waals surface area contributed by atoms with Crippen molar-refractivity contribution < 1.29 is 8.42 Å². The Labute approximate surface area is 120 Å². The van der Waals surface area contributed by atoms with Gasteiger partial charge in [-0.3, -0.25) is 4.68 Å². The second-order valence-corrected chi connectivity index (χ2v) is 8.29. The smallest absolute Gasteiger partial charge is 0.152 e. The molecule has 1 aromatic rings. The van der Waals surface area contributed by atoms with E-state index >= 15 is 0 Å². The number of nitrogens with zero attached hydrogens (tertiary/aromatic N) is 2. The molecule has 5 nitrogen and oxygen atoms in total. The van der Waals surface area contributed by atoms with Crippen LogP contribution >= 0.6 is 0 Å². The first-order valence-electron chi connectivity index (χ1n) is 7.52. The Kier molecular flexibility index (Phi) is 3.86. The van der Waals surface area contributed by atoms with Crippen molar-refractivity contribution in [3.8, 4) is 0 Å². The fraction of sp³-hybridized carbons (Fsp3) is 0.786. The third kappa shape index (κ3) is 2.76. The molecule has 1 unspecified atom stereocenters. The van der Waals surface area contributed by atoms with Crippen molar-refractivity contribution in [2.75, 3.05) is 24.6 Å². The van der Waals surface area contributed by atoms with Crippen LogP contribution in [0.1, 0.15) is 48.9 Å². The van der Waals surface area contributed by atoms with E-state index in [1.54, 1.807) is 0 Å². The summed E-state index contributed by atoms with van der Waals surface area (Å²) in [5.41, 5.74) is 2.48. The lowest BCUT2D eigenvalue weighted by atomic mass is 9.91. The second kappa shape index (κ2) is 5.48. The lowest BCUT2D eigenvalue weighted by molar-refractivity contribution is 0.423. The summed E-state index contributed by atoms with van der Waals surface area (Å²) in [7, 11) is -2.88. The summed E-state index contributed by atoms with van der Waals surface area (Å²) in [5, 5.41) is 7.89. The monoisotopic (exact) mass is 297 g/mol. The molecule has 0 saturated carbocycles. The molecule has 0 bridgehead atoms. The maximum absolute atomic E-state index is 11.8. The van der Waals surface area contributed by atoms with Gasteiger partial charge in [-0.25, -0.2) is 8.42 Å². The average Bonchev–Trinajstić information content (AvgIpc) is 2.80. The fourth-order valence-electron chi connectivity index (χ4n) is 3.53. The summed E-state index contributed by atoms with van der Waals surface area (Å²) >= 11 is 0. The third-order valence-corrected chi connectivity index (χ3v) is 6.45. The Morgan fingerprint density at radius 2 is 2.05 bits per heavy atom. The molecule has 1 N–H and O–H groups in total. The Hall–Kier alpha value is -0.880. The van der Waals surface area contributed by atoms with Crippen LogP contribution in [-0.4, -0.2) is 42.8 Å². The van der Waals surface area contributed by atoms with Crippen LogP contribution < -0.4 is 5.32 Å². The minimum atomic E-state index is -2.88. The lowest BCUT2D eigenvalue weighted by Crippen LogP contribution is -2.29. The second-order valence-electron chi connectivity index (χ2n) is 6.06. The average molecular weight is 297 g/mol. The maximum Gasteiger partial charge on any atom is 0.152 e. The van der Waals surface area contributed by atoms with E-state index in [1.807, 2.05) is 10.9 Å². The molecule has 2 saturated heterocycles. The van der Waals surface area contributed by atoms with Gasteiger partial charge in [-0.15, -0.1) is 0 Å². The highest BCUT2D eigenvalue weighted by molar-refractivity contribution is 7.91. The van der Waals surface area contributed by atoms with Gasteiger partial charge in [0.1, 0.15) is 0 Å². The van der Waals surface area contributed by atoms with E-state index in [4.69, 9.17) is 0 Å². The molecule has 2 aliphatic rings. The minimum absolute atomic E-state index is 0.0317. The first kappa shape index (κ1) is 14.1. The molecule has 6 heteroatoms. The summed E-state index contributed by atoms with van der Waals surface area (Å²) in [6.45, 7) is 4.21. The van der Waals surface area contributed by atoms with E-state index < -0.39 is 9.84 Å². The number of sulfone groups is 1. The van der Waals surface area contributed by atoms with Gasteiger partial charge in [-0.1, -0.05) is 0 Å². The zero-order valence-corrected chi connectivity index (χ0v) is 12.8. The van der Waals surface area contributed by atoms with E-state index in [1.165, 1.54) is 11.3 Å². The van der Waals surface area contributed by atoms with Crippen molar-refractivity contribution in [2.24, 2.45) is 0 Å². The zero-order valence-electron chi connectivity index (χ0n) is 12.0. The van der Waals surface area contributed by atoms with Gasteiger partial charge in [0.2, 0.25) is 0 Å². The van der Waals surface area contributed by atoms with Crippen molar-refractivity contribution in [1.29, 1.82) is 0 Å². The number of hydrogen-bond donors (Lipinski definition) is 1. The van der Waals surface area contributed by atoms with Crippen molar-refractivity contribution in [3.05, 3.63) is 17.5 Å². The molecule has 0 spiro atoms. The summed E-state index contributed by atoms with van der Waals surface area (Å²) in [5.74, 6) is 1.16. The molecule has 2 aliphatic heterocycles. The van der Waals surface area contributed by atoms with E-state index in [-0.39, 0.29) is 11.8 Å². The summed E-state index contributed by atoms with van der Waals surface area (Å²) in [4.78, 5) is 0. The molecule has 0 aliphatic carbocycles. The number of rotatable bonds is 2. The van der Waals surface area contributed by atoms with Crippen LogP contribution in [0.4, 0.5) is 0 Å². The van der Waals surface area contributed by atoms with E-state index in [0.717, 1.165) is 38.8 Å². The normalized spacial score (nSPS) is 27.6. The molecule has 1 atom stereocenters. The molecule has 3 heterocycles. The van der Waals surface area contributed by atoms with Gasteiger partial charge in [0.25, 0.3) is 0 Å². The van der Waals surface area contributed by atoms with Crippen LogP contribution in [0.2, 0.25) is 0 Å². The molecule has 3 rings (SSSR count). The van der Waals surface area contributed by atoms with Crippen LogP contribution in [0.5, 0.6) is 0 Å². The van der Waals surface area contributed by atoms with Crippen molar-refractivity contribution in [1.82, 2.24) is 15.1 Å². The van der Waals surface area contributed by atoms with Gasteiger partial charge in [-0.2, -0.15) is 5.10 Å². The van der Waals surface area contributed by atoms with Crippen LogP contribution in [0.3, 0.4) is 0 Å². The highest BCUT2D eigenvalue weighted by Gasteiger charge is 2.29. The van der Waals surface area contributed by atoms with Crippen LogP contribution in [-0.2, 0) is 9.84 Å². The third-order valence-electron chi connectivity index (χ3n) is 4.65. The van der Waals surface area contributed by atoms with Crippen molar-refractivity contribution in [2.45, 2.75) is 44.6 Å². The van der Waals surface area contributed by atoms with Crippen molar-refractivity contribution in [3.63, 3.8) is 0 Å². The summed E-state index contributed by atoms with van der Waals surface area (Å²) in [6.07, 6.45) is 5.94. The predicted molar refractivity (Wildman–Crippen MR) is 78.7 cm³/mol. The number of aromatic nitrogens is 2. The number of hydrogen-bond acceptors (Lipinski definition) is 4. The van der Waals surface area contributed by atoms with E-state index in [2.05, 4.69) is 17.3 Å². The summed E-state index contributed by atoms with van der Waals surface area (Å²) < 4.78 is 25.6. The molecule has 2 fully saturated rings. The van der Waals surface area contributed by atoms with Crippen LogP contribution in [0.15, 0.2) is 6.20 Å². The van der Waals surface area contributed by atoms with Crippen LogP contribution in [0, 0.1) is 6.92 Å². The largest absolute Gasteiger partial charge is 0.317 e. The Balaban J connectivity index is 1.82. The number of piperidine rings is 1. The molecule has 0 amide bonds. The molecular formula is C14H23N3O2S. The zero-order chi connectivity index (χ0) is 14.2. The maximum atomic E-state index is 11.8.